The molecule has 2 rings (SSSR count). The zero-order valence-corrected chi connectivity index (χ0v) is 11.2. The minimum absolute atomic E-state index is 0.154. The van der Waals surface area contributed by atoms with Gasteiger partial charge in [-0.05, 0) is 17.7 Å². The molecular formula is C15H12ClF2NO. The third kappa shape index (κ3) is 3.54. The molecule has 1 unspecified atom stereocenters. The Bertz CT molecular complexity index is 604. The number of halogens is 3. The highest BCUT2D eigenvalue weighted by atomic mass is 35.5. The number of nitrogens with one attached hydrogen (secondary N) is 1. The van der Waals surface area contributed by atoms with E-state index in [2.05, 4.69) is 5.32 Å². The van der Waals surface area contributed by atoms with E-state index < -0.39 is 22.9 Å². The molecule has 0 aliphatic heterocycles. The standard InChI is InChI=1S/C15H12ClF2NO/c16-13(10-4-2-1-3-5-10)9-19-15(20)12-7-6-11(17)8-14(12)18/h1-8,13H,9H2,(H,19,20). The monoisotopic (exact) mass is 295 g/mol. The van der Waals surface area contributed by atoms with Crippen molar-refractivity contribution in [1.29, 1.82) is 0 Å². The summed E-state index contributed by atoms with van der Waals surface area (Å²) in [7, 11) is 0. The van der Waals surface area contributed by atoms with E-state index in [0.29, 0.717) is 6.07 Å². The van der Waals surface area contributed by atoms with Crippen LogP contribution in [-0.4, -0.2) is 12.5 Å². The molecule has 20 heavy (non-hydrogen) atoms. The Kier molecular flexibility index (Phi) is 4.69. The molecule has 0 saturated carbocycles. The van der Waals surface area contributed by atoms with Gasteiger partial charge in [0.1, 0.15) is 11.6 Å². The maximum Gasteiger partial charge on any atom is 0.254 e. The third-order valence-electron chi connectivity index (χ3n) is 2.78. The van der Waals surface area contributed by atoms with Gasteiger partial charge in [0.05, 0.1) is 10.9 Å². The summed E-state index contributed by atoms with van der Waals surface area (Å²) < 4.78 is 26.2. The fourth-order valence-corrected chi connectivity index (χ4v) is 1.95. The van der Waals surface area contributed by atoms with Gasteiger partial charge < -0.3 is 5.32 Å². The van der Waals surface area contributed by atoms with Crippen molar-refractivity contribution in [3.05, 3.63) is 71.3 Å². The topological polar surface area (TPSA) is 29.1 Å². The van der Waals surface area contributed by atoms with Crippen LogP contribution >= 0.6 is 11.6 Å². The van der Waals surface area contributed by atoms with E-state index in [1.165, 1.54) is 0 Å². The highest BCUT2D eigenvalue weighted by Gasteiger charge is 2.14. The van der Waals surface area contributed by atoms with Crippen LogP contribution in [0, 0.1) is 11.6 Å². The Morgan fingerprint density at radius 1 is 1.15 bits per heavy atom. The first-order valence-corrected chi connectivity index (χ1v) is 6.44. The molecule has 0 aliphatic carbocycles. The number of alkyl halides is 1. The number of amides is 1. The molecule has 2 aromatic carbocycles. The van der Waals surface area contributed by atoms with E-state index in [9.17, 15) is 13.6 Å². The minimum atomic E-state index is -0.895. The SMILES string of the molecule is O=C(NCC(Cl)c1ccccc1)c1ccc(F)cc1F. The van der Waals surface area contributed by atoms with Crippen molar-refractivity contribution in [3.8, 4) is 0 Å². The van der Waals surface area contributed by atoms with Crippen LogP contribution in [0.4, 0.5) is 8.78 Å². The number of carbonyl (C=O) groups is 1. The quantitative estimate of drug-likeness (QED) is 0.857. The Morgan fingerprint density at radius 2 is 1.85 bits per heavy atom. The second-order valence-electron chi connectivity index (χ2n) is 4.21. The molecule has 0 saturated heterocycles. The predicted molar refractivity (Wildman–Crippen MR) is 73.7 cm³/mol. The zero-order valence-electron chi connectivity index (χ0n) is 10.4. The Labute approximate surface area is 120 Å². The summed E-state index contributed by atoms with van der Waals surface area (Å²) in [5, 5.41) is 2.11. The van der Waals surface area contributed by atoms with Gasteiger partial charge in [-0.1, -0.05) is 30.3 Å². The molecule has 1 atom stereocenters. The molecule has 0 heterocycles. The van der Waals surface area contributed by atoms with Gasteiger partial charge in [-0.2, -0.15) is 0 Å². The lowest BCUT2D eigenvalue weighted by molar-refractivity contribution is 0.0949. The number of hydrogen-bond acceptors (Lipinski definition) is 1. The zero-order chi connectivity index (χ0) is 14.5. The van der Waals surface area contributed by atoms with Crippen LogP contribution in [0.2, 0.25) is 0 Å². The average molecular weight is 296 g/mol. The first-order chi connectivity index (χ1) is 9.58. The molecule has 1 amide bonds. The van der Waals surface area contributed by atoms with Crippen LogP contribution < -0.4 is 5.32 Å². The van der Waals surface area contributed by atoms with Gasteiger partial charge in [-0.15, -0.1) is 11.6 Å². The highest BCUT2D eigenvalue weighted by molar-refractivity contribution is 6.21. The van der Waals surface area contributed by atoms with Crippen molar-refractivity contribution < 1.29 is 13.6 Å². The van der Waals surface area contributed by atoms with Crippen molar-refractivity contribution in [2.75, 3.05) is 6.54 Å². The van der Waals surface area contributed by atoms with Crippen LogP contribution in [0.5, 0.6) is 0 Å². The Balaban J connectivity index is 1.99. The number of carbonyl (C=O) groups excluding carboxylic acids is 1. The van der Waals surface area contributed by atoms with Crippen molar-refractivity contribution in [3.63, 3.8) is 0 Å². The molecule has 104 valence electrons. The van der Waals surface area contributed by atoms with E-state index in [1.807, 2.05) is 30.3 Å². The van der Waals surface area contributed by atoms with Crippen LogP contribution in [0.1, 0.15) is 21.3 Å². The van der Waals surface area contributed by atoms with Crippen molar-refractivity contribution in [2.24, 2.45) is 0 Å². The van der Waals surface area contributed by atoms with E-state index in [4.69, 9.17) is 11.6 Å². The molecule has 0 radical (unpaired) electrons. The molecule has 5 heteroatoms. The van der Waals surface area contributed by atoms with Crippen molar-refractivity contribution in [2.45, 2.75) is 5.38 Å². The molecular weight excluding hydrogens is 284 g/mol. The lowest BCUT2D eigenvalue weighted by atomic mass is 10.1. The van der Waals surface area contributed by atoms with E-state index in [0.717, 1.165) is 17.7 Å². The first-order valence-electron chi connectivity index (χ1n) is 6.00. The van der Waals surface area contributed by atoms with Gasteiger partial charge in [0.2, 0.25) is 0 Å². The van der Waals surface area contributed by atoms with E-state index in [-0.39, 0.29) is 12.1 Å². The maximum absolute atomic E-state index is 13.4. The molecule has 2 nitrogen and oxygen atoms in total. The average Bonchev–Trinajstić information content (AvgIpc) is 2.45. The summed E-state index contributed by atoms with van der Waals surface area (Å²) in [4.78, 5) is 11.8. The molecule has 0 fully saturated rings. The summed E-state index contributed by atoms with van der Waals surface area (Å²) in [6, 6.07) is 12.0. The maximum atomic E-state index is 13.4. The Morgan fingerprint density at radius 3 is 2.50 bits per heavy atom. The molecule has 0 aliphatic rings. The molecule has 0 bridgehead atoms. The predicted octanol–water partition coefficient (Wildman–Crippen LogP) is 3.67. The molecule has 0 aromatic heterocycles. The van der Waals surface area contributed by atoms with Gasteiger partial charge in [0.15, 0.2) is 0 Å². The van der Waals surface area contributed by atoms with Crippen LogP contribution in [0.3, 0.4) is 0 Å². The molecule has 1 N–H and O–H groups in total. The van der Waals surface area contributed by atoms with Crippen LogP contribution in [-0.2, 0) is 0 Å². The summed E-state index contributed by atoms with van der Waals surface area (Å²) in [5.74, 6) is -2.24. The van der Waals surface area contributed by atoms with Gasteiger partial charge in [0, 0.05) is 12.6 Å². The summed E-state index contributed by atoms with van der Waals surface area (Å²) in [5.41, 5.74) is 0.650. The second kappa shape index (κ2) is 6.48. The van der Waals surface area contributed by atoms with Gasteiger partial charge in [-0.25, -0.2) is 8.78 Å². The van der Waals surface area contributed by atoms with Crippen LogP contribution in [0.15, 0.2) is 48.5 Å². The summed E-state index contributed by atoms with van der Waals surface area (Å²) in [6.07, 6.45) is 0. The molecule has 0 spiro atoms. The third-order valence-corrected chi connectivity index (χ3v) is 3.19. The lowest BCUT2D eigenvalue weighted by Crippen LogP contribution is -2.27. The number of hydrogen-bond donors (Lipinski definition) is 1. The van der Waals surface area contributed by atoms with E-state index in [1.54, 1.807) is 0 Å². The summed E-state index contributed by atoms with van der Waals surface area (Å²) in [6.45, 7) is 0.154. The lowest BCUT2D eigenvalue weighted by Gasteiger charge is -2.11. The van der Waals surface area contributed by atoms with Gasteiger partial charge in [-0.3, -0.25) is 4.79 Å². The minimum Gasteiger partial charge on any atom is -0.350 e. The smallest absolute Gasteiger partial charge is 0.254 e. The van der Waals surface area contributed by atoms with Crippen molar-refractivity contribution >= 4 is 17.5 Å². The summed E-state index contributed by atoms with van der Waals surface area (Å²) >= 11 is 6.13. The second-order valence-corrected chi connectivity index (χ2v) is 4.74. The normalized spacial score (nSPS) is 11.9. The van der Waals surface area contributed by atoms with Crippen LogP contribution in [0.25, 0.3) is 0 Å². The number of rotatable bonds is 4. The Hall–Kier alpha value is -1.94. The fourth-order valence-electron chi connectivity index (χ4n) is 1.73. The highest BCUT2D eigenvalue weighted by Crippen LogP contribution is 2.19. The largest absolute Gasteiger partial charge is 0.350 e. The first kappa shape index (κ1) is 14.5. The fraction of sp³-hybridized carbons (Fsp3) is 0.133. The van der Waals surface area contributed by atoms with Crippen molar-refractivity contribution in [1.82, 2.24) is 5.32 Å². The molecule has 2 aromatic rings. The van der Waals surface area contributed by atoms with Gasteiger partial charge in [0.25, 0.3) is 5.91 Å². The van der Waals surface area contributed by atoms with Gasteiger partial charge >= 0.3 is 0 Å². The van der Waals surface area contributed by atoms with E-state index >= 15 is 0 Å². The number of benzene rings is 2.